The van der Waals surface area contributed by atoms with Crippen molar-refractivity contribution in [1.82, 2.24) is 4.98 Å². The zero-order valence-corrected chi connectivity index (χ0v) is 12.8. The molecule has 0 atom stereocenters. The number of pyridine rings is 1. The molecule has 0 aliphatic carbocycles. The van der Waals surface area contributed by atoms with Crippen molar-refractivity contribution < 1.29 is 4.39 Å². The molecule has 2 aromatic rings. The maximum absolute atomic E-state index is 13.1. The van der Waals surface area contributed by atoms with Gasteiger partial charge in [0.15, 0.2) is 0 Å². The van der Waals surface area contributed by atoms with E-state index < -0.39 is 0 Å². The van der Waals surface area contributed by atoms with E-state index in [9.17, 15) is 4.39 Å². The summed E-state index contributed by atoms with van der Waals surface area (Å²) < 4.78 is 15.0. The van der Waals surface area contributed by atoms with Gasteiger partial charge in [-0.2, -0.15) is 0 Å². The summed E-state index contributed by atoms with van der Waals surface area (Å²) in [5, 5.41) is 3.17. The van der Waals surface area contributed by atoms with Crippen LogP contribution < -0.4 is 5.32 Å². The molecule has 1 N–H and O–H groups in total. The average Bonchev–Trinajstić information content (AvgIpc) is 2.34. The predicted octanol–water partition coefficient (Wildman–Crippen LogP) is 4.67. The van der Waals surface area contributed by atoms with Crippen molar-refractivity contribution in [2.75, 3.05) is 5.32 Å². The van der Waals surface area contributed by atoms with Crippen LogP contribution in [0.3, 0.4) is 0 Å². The third-order valence-electron chi connectivity index (χ3n) is 2.49. The van der Waals surface area contributed by atoms with Crippen LogP contribution in [0.4, 0.5) is 10.2 Å². The molecule has 0 aliphatic heterocycles. The number of rotatable bonds is 3. The Bertz CT molecular complexity index is 573. The largest absolute Gasteiger partial charge is 0.366 e. The minimum absolute atomic E-state index is 0.241. The highest BCUT2D eigenvalue weighted by Gasteiger charge is 2.03. The van der Waals surface area contributed by atoms with Gasteiger partial charge in [-0.25, -0.2) is 9.37 Å². The van der Waals surface area contributed by atoms with E-state index in [0.717, 1.165) is 26.0 Å². The van der Waals surface area contributed by atoms with Gasteiger partial charge in [0.25, 0.3) is 0 Å². The first kappa shape index (κ1) is 13.5. The van der Waals surface area contributed by atoms with E-state index in [-0.39, 0.29) is 5.82 Å². The molecule has 1 heterocycles. The fraction of sp³-hybridized carbons (Fsp3) is 0.154. The van der Waals surface area contributed by atoms with Crippen LogP contribution >= 0.6 is 31.9 Å². The summed E-state index contributed by atoms with van der Waals surface area (Å²) in [6, 6.07) is 8.45. The zero-order chi connectivity index (χ0) is 13.1. The van der Waals surface area contributed by atoms with Crippen LogP contribution in [0, 0.1) is 12.7 Å². The SMILES string of the molecule is Cc1nc(NCc2cc(F)ccc2Br)ccc1Br. The Kier molecular flexibility index (Phi) is 4.35. The molecule has 0 radical (unpaired) electrons. The van der Waals surface area contributed by atoms with Crippen LogP contribution in [-0.2, 0) is 6.54 Å². The first-order valence-electron chi connectivity index (χ1n) is 5.37. The van der Waals surface area contributed by atoms with Gasteiger partial charge in [0, 0.05) is 15.5 Å². The number of anilines is 1. The quantitative estimate of drug-likeness (QED) is 0.845. The second-order valence-corrected chi connectivity index (χ2v) is 5.56. The van der Waals surface area contributed by atoms with Crippen LogP contribution in [0.1, 0.15) is 11.3 Å². The van der Waals surface area contributed by atoms with E-state index >= 15 is 0 Å². The number of hydrogen-bond donors (Lipinski definition) is 1. The number of aryl methyl sites for hydroxylation is 1. The summed E-state index contributed by atoms with van der Waals surface area (Å²) in [4.78, 5) is 4.37. The molecule has 0 amide bonds. The van der Waals surface area contributed by atoms with Gasteiger partial charge in [-0.05, 0) is 58.7 Å². The lowest BCUT2D eigenvalue weighted by molar-refractivity contribution is 0.625. The lowest BCUT2D eigenvalue weighted by atomic mass is 10.2. The fourth-order valence-corrected chi connectivity index (χ4v) is 2.11. The molecule has 0 fully saturated rings. The van der Waals surface area contributed by atoms with Crippen molar-refractivity contribution in [2.24, 2.45) is 0 Å². The van der Waals surface area contributed by atoms with Gasteiger partial charge in [0.2, 0.25) is 0 Å². The van der Waals surface area contributed by atoms with E-state index in [0.29, 0.717) is 6.54 Å². The third-order valence-corrected chi connectivity index (χ3v) is 4.10. The molecule has 0 unspecified atom stereocenters. The Labute approximate surface area is 122 Å². The van der Waals surface area contributed by atoms with E-state index in [1.807, 2.05) is 19.1 Å². The maximum Gasteiger partial charge on any atom is 0.126 e. The molecule has 1 aromatic heterocycles. The number of nitrogens with one attached hydrogen (secondary N) is 1. The predicted molar refractivity (Wildman–Crippen MR) is 78.1 cm³/mol. The summed E-state index contributed by atoms with van der Waals surface area (Å²) >= 11 is 6.79. The van der Waals surface area contributed by atoms with E-state index in [2.05, 4.69) is 42.2 Å². The van der Waals surface area contributed by atoms with Crippen LogP contribution in [0.15, 0.2) is 39.3 Å². The Hall–Kier alpha value is -0.940. The number of halogens is 3. The lowest BCUT2D eigenvalue weighted by Gasteiger charge is -2.09. The molecule has 5 heteroatoms. The van der Waals surface area contributed by atoms with E-state index in [1.165, 1.54) is 12.1 Å². The molecule has 18 heavy (non-hydrogen) atoms. The van der Waals surface area contributed by atoms with Gasteiger partial charge in [0.1, 0.15) is 11.6 Å². The van der Waals surface area contributed by atoms with Crippen molar-refractivity contribution in [3.05, 3.63) is 56.4 Å². The monoisotopic (exact) mass is 372 g/mol. The van der Waals surface area contributed by atoms with Gasteiger partial charge >= 0.3 is 0 Å². The summed E-state index contributed by atoms with van der Waals surface area (Å²) in [6.45, 7) is 2.44. The molecule has 0 bridgehead atoms. The molecule has 0 spiro atoms. The molecule has 2 nitrogen and oxygen atoms in total. The van der Waals surface area contributed by atoms with Crippen LogP contribution in [0.5, 0.6) is 0 Å². The standard InChI is InChI=1S/C13H11Br2FN2/c1-8-11(14)4-5-13(18-8)17-7-9-6-10(16)2-3-12(9)15/h2-6H,7H2,1H3,(H,17,18). The van der Waals surface area contributed by atoms with Crippen molar-refractivity contribution >= 4 is 37.7 Å². The highest BCUT2D eigenvalue weighted by atomic mass is 79.9. The molecule has 94 valence electrons. The number of hydrogen-bond acceptors (Lipinski definition) is 2. The number of aromatic nitrogens is 1. The third kappa shape index (κ3) is 3.29. The Morgan fingerprint density at radius 1 is 1.17 bits per heavy atom. The van der Waals surface area contributed by atoms with Crippen molar-refractivity contribution in [3.63, 3.8) is 0 Å². The van der Waals surface area contributed by atoms with Gasteiger partial charge in [-0.3, -0.25) is 0 Å². The fourth-order valence-electron chi connectivity index (χ4n) is 1.51. The second-order valence-electron chi connectivity index (χ2n) is 3.85. The topological polar surface area (TPSA) is 24.9 Å². The number of benzene rings is 1. The van der Waals surface area contributed by atoms with Gasteiger partial charge in [0.05, 0.1) is 5.69 Å². The van der Waals surface area contributed by atoms with Crippen molar-refractivity contribution in [3.8, 4) is 0 Å². The Morgan fingerprint density at radius 3 is 2.61 bits per heavy atom. The first-order valence-corrected chi connectivity index (χ1v) is 6.96. The van der Waals surface area contributed by atoms with Gasteiger partial charge in [-0.1, -0.05) is 15.9 Å². The normalized spacial score (nSPS) is 10.4. The first-order chi connectivity index (χ1) is 8.56. The van der Waals surface area contributed by atoms with E-state index in [1.54, 1.807) is 6.07 Å². The highest BCUT2D eigenvalue weighted by Crippen LogP contribution is 2.20. The second kappa shape index (κ2) is 5.80. The molecule has 2 rings (SSSR count). The van der Waals surface area contributed by atoms with Gasteiger partial charge < -0.3 is 5.32 Å². The molecule has 0 saturated carbocycles. The lowest BCUT2D eigenvalue weighted by Crippen LogP contribution is -2.03. The Balaban J connectivity index is 2.11. The van der Waals surface area contributed by atoms with Crippen LogP contribution in [-0.4, -0.2) is 4.98 Å². The molecular weight excluding hydrogens is 363 g/mol. The average molecular weight is 374 g/mol. The minimum Gasteiger partial charge on any atom is -0.366 e. The van der Waals surface area contributed by atoms with Crippen LogP contribution in [0.25, 0.3) is 0 Å². The van der Waals surface area contributed by atoms with Gasteiger partial charge in [-0.15, -0.1) is 0 Å². The van der Waals surface area contributed by atoms with Crippen molar-refractivity contribution in [2.45, 2.75) is 13.5 Å². The maximum atomic E-state index is 13.1. The zero-order valence-electron chi connectivity index (χ0n) is 9.67. The molecule has 0 aliphatic rings. The summed E-state index contributed by atoms with van der Waals surface area (Å²) in [7, 11) is 0. The molecule has 0 saturated heterocycles. The molecular formula is C13H11Br2FN2. The minimum atomic E-state index is -0.241. The summed E-state index contributed by atoms with van der Waals surface area (Å²) in [6.07, 6.45) is 0. The smallest absolute Gasteiger partial charge is 0.126 e. The van der Waals surface area contributed by atoms with Crippen molar-refractivity contribution in [1.29, 1.82) is 0 Å². The summed E-state index contributed by atoms with van der Waals surface area (Å²) in [5.74, 6) is 0.529. The van der Waals surface area contributed by atoms with E-state index in [4.69, 9.17) is 0 Å². The van der Waals surface area contributed by atoms with Crippen LogP contribution in [0.2, 0.25) is 0 Å². The highest BCUT2D eigenvalue weighted by molar-refractivity contribution is 9.10. The Morgan fingerprint density at radius 2 is 1.89 bits per heavy atom. The summed E-state index contributed by atoms with van der Waals surface area (Å²) in [5.41, 5.74) is 1.77. The number of nitrogens with zero attached hydrogens (tertiary/aromatic N) is 1. The molecule has 1 aromatic carbocycles.